The molecule has 9 rings (SSSR count). The highest BCUT2D eigenvalue weighted by atomic mass is 15.0. The van der Waals surface area contributed by atoms with Crippen LogP contribution in [0.1, 0.15) is 46.3 Å². The molecule has 0 saturated heterocycles. The molecule has 1 spiro atoms. The molecule has 4 aliphatic carbocycles. The van der Waals surface area contributed by atoms with Gasteiger partial charge in [-0.1, -0.05) is 140 Å². The summed E-state index contributed by atoms with van der Waals surface area (Å²) in [6, 6.07) is 35.2. The highest BCUT2D eigenvalue weighted by molar-refractivity contribution is 5.87. The molecule has 3 heteroatoms. The van der Waals surface area contributed by atoms with E-state index in [1.807, 2.05) is 18.2 Å². The Hall–Kier alpha value is -5.15. The minimum absolute atomic E-state index is 0.126. The van der Waals surface area contributed by atoms with Crippen LogP contribution in [0.4, 0.5) is 0 Å². The summed E-state index contributed by atoms with van der Waals surface area (Å²) in [5.41, 5.74) is 9.94. The first-order valence-corrected chi connectivity index (χ1v) is 15.2. The molecule has 0 fully saturated rings. The third-order valence-corrected chi connectivity index (χ3v) is 9.72. The highest BCUT2D eigenvalue weighted by Gasteiger charge is 2.56. The van der Waals surface area contributed by atoms with Crippen molar-refractivity contribution >= 4 is 0 Å². The first-order chi connectivity index (χ1) is 21.3. The van der Waals surface area contributed by atoms with Gasteiger partial charge in [0.05, 0.1) is 5.41 Å². The normalized spacial score (nSPS) is 23.7. The lowest BCUT2D eigenvalue weighted by atomic mass is 9.65. The number of hydrogen-bond donors (Lipinski definition) is 0. The molecule has 0 saturated carbocycles. The van der Waals surface area contributed by atoms with E-state index >= 15 is 0 Å². The molecule has 1 aromatic heterocycles. The van der Waals surface area contributed by atoms with Crippen molar-refractivity contribution in [2.45, 2.75) is 23.7 Å². The molecular formula is C40H29N3. The van der Waals surface area contributed by atoms with Gasteiger partial charge < -0.3 is 0 Å². The summed E-state index contributed by atoms with van der Waals surface area (Å²) in [5, 5.41) is 0. The average molecular weight is 552 g/mol. The van der Waals surface area contributed by atoms with E-state index in [1.165, 1.54) is 33.4 Å². The Labute approximate surface area is 251 Å². The summed E-state index contributed by atoms with van der Waals surface area (Å²) < 4.78 is 0. The lowest BCUT2D eigenvalue weighted by Crippen LogP contribution is -2.33. The number of hydrogen-bond acceptors (Lipinski definition) is 3. The van der Waals surface area contributed by atoms with Gasteiger partial charge in [0.25, 0.3) is 0 Å². The van der Waals surface area contributed by atoms with Gasteiger partial charge in [0.1, 0.15) is 5.82 Å². The zero-order valence-electron chi connectivity index (χ0n) is 23.6. The lowest BCUT2D eigenvalue weighted by molar-refractivity contribution is 0.465. The van der Waals surface area contributed by atoms with Gasteiger partial charge in [-0.2, -0.15) is 0 Å². The molecule has 0 N–H and O–H groups in total. The van der Waals surface area contributed by atoms with E-state index in [9.17, 15) is 0 Å². The van der Waals surface area contributed by atoms with Crippen LogP contribution in [0.2, 0.25) is 0 Å². The molecular weight excluding hydrogens is 522 g/mol. The molecule has 0 radical (unpaired) electrons. The Morgan fingerprint density at radius 3 is 2.14 bits per heavy atom. The van der Waals surface area contributed by atoms with E-state index in [0.29, 0.717) is 17.7 Å². The summed E-state index contributed by atoms with van der Waals surface area (Å²) in [4.78, 5) is 15.2. The summed E-state index contributed by atoms with van der Waals surface area (Å²) in [6.07, 6.45) is 18.7. The molecule has 4 aromatic carbocycles. The second-order valence-corrected chi connectivity index (χ2v) is 11.9. The summed E-state index contributed by atoms with van der Waals surface area (Å²) >= 11 is 0. The Balaban J connectivity index is 1.29. The molecule has 3 nitrogen and oxygen atoms in total. The van der Waals surface area contributed by atoms with Crippen molar-refractivity contribution in [1.29, 1.82) is 0 Å². The Bertz CT molecular complexity index is 2030. The standard InChI is InChI=1S/C40H29N3/c1-3-13-26(14-4-1)37-41-38(27-15-5-2-6-16-27)43-39(42-37)28-23-24-32-31-19-9-12-22-35(31)40(36(32)25-28)33-20-10-7-17-29(33)30-18-8-11-21-34(30)40/h1-15,17-25,27,29,33H,16H2/t27?,29?,33?,40-/m0/s1. The Kier molecular flexibility index (Phi) is 5.36. The van der Waals surface area contributed by atoms with Crippen LogP contribution in [-0.4, -0.2) is 15.0 Å². The van der Waals surface area contributed by atoms with Crippen LogP contribution in [-0.2, 0) is 5.41 Å². The number of fused-ring (bicyclic) bond motifs is 10. The lowest BCUT2D eigenvalue weighted by Gasteiger charge is -2.36. The van der Waals surface area contributed by atoms with Crippen molar-refractivity contribution in [3.8, 4) is 33.9 Å². The molecule has 204 valence electrons. The van der Waals surface area contributed by atoms with Crippen molar-refractivity contribution in [1.82, 2.24) is 15.0 Å². The Morgan fingerprint density at radius 1 is 0.558 bits per heavy atom. The summed E-state index contributed by atoms with van der Waals surface area (Å²) in [7, 11) is 0. The fourth-order valence-electron chi connectivity index (χ4n) is 7.92. The predicted molar refractivity (Wildman–Crippen MR) is 173 cm³/mol. The first-order valence-electron chi connectivity index (χ1n) is 15.2. The van der Waals surface area contributed by atoms with Crippen LogP contribution in [0.5, 0.6) is 0 Å². The van der Waals surface area contributed by atoms with Crippen molar-refractivity contribution in [2.75, 3.05) is 0 Å². The molecule has 43 heavy (non-hydrogen) atoms. The van der Waals surface area contributed by atoms with Gasteiger partial charge >= 0.3 is 0 Å². The maximum Gasteiger partial charge on any atom is 0.163 e. The minimum Gasteiger partial charge on any atom is -0.212 e. The van der Waals surface area contributed by atoms with E-state index in [0.717, 1.165) is 29.2 Å². The van der Waals surface area contributed by atoms with Gasteiger partial charge in [-0.3, -0.25) is 0 Å². The topological polar surface area (TPSA) is 38.7 Å². The van der Waals surface area contributed by atoms with Gasteiger partial charge in [0, 0.05) is 28.9 Å². The number of rotatable bonds is 3. The van der Waals surface area contributed by atoms with Crippen LogP contribution in [0.15, 0.2) is 146 Å². The summed E-state index contributed by atoms with van der Waals surface area (Å²) in [5.74, 6) is 3.01. The van der Waals surface area contributed by atoms with Crippen LogP contribution < -0.4 is 0 Å². The molecule has 3 unspecified atom stereocenters. The van der Waals surface area contributed by atoms with Gasteiger partial charge in [-0.05, 0) is 45.9 Å². The fraction of sp³-hybridized carbons (Fsp3) is 0.125. The van der Waals surface area contributed by atoms with Crippen LogP contribution >= 0.6 is 0 Å². The first kappa shape index (κ1) is 24.4. The van der Waals surface area contributed by atoms with Crippen molar-refractivity contribution in [3.63, 3.8) is 0 Å². The molecule has 4 aliphatic rings. The number of nitrogens with zero attached hydrogens (tertiary/aromatic N) is 3. The molecule has 0 amide bonds. The van der Waals surface area contributed by atoms with Crippen molar-refractivity contribution in [2.24, 2.45) is 5.92 Å². The second kappa shape index (κ2) is 9.43. The van der Waals surface area contributed by atoms with E-state index in [4.69, 9.17) is 15.0 Å². The largest absolute Gasteiger partial charge is 0.212 e. The van der Waals surface area contributed by atoms with E-state index < -0.39 is 0 Å². The molecule has 0 bridgehead atoms. The number of allylic oxidation sites excluding steroid dienone is 8. The van der Waals surface area contributed by atoms with E-state index in [1.54, 1.807) is 0 Å². The molecule has 0 aliphatic heterocycles. The third kappa shape index (κ3) is 3.51. The smallest absolute Gasteiger partial charge is 0.163 e. The van der Waals surface area contributed by atoms with Crippen LogP contribution in [0.3, 0.4) is 0 Å². The fourth-order valence-corrected chi connectivity index (χ4v) is 7.92. The maximum absolute atomic E-state index is 5.14. The van der Waals surface area contributed by atoms with Gasteiger partial charge in [-0.25, -0.2) is 15.0 Å². The number of benzene rings is 4. The van der Waals surface area contributed by atoms with Gasteiger partial charge in [0.2, 0.25) is 0 Å². The maximum atomic E-state index is 5.14. The molecule has 1 heterocycles. The van der Waals surface area contributed by atoms with Gasteiger partial charge in [-0.15, -0.1) is 0 Å². The van der Waals surface area contributed by atoms with Crippen molar-refractivity contribution in [3.05, 3.63) is 174 Å². The zero-order valence-corrected chi connectivity index (χ0v) is 23.6. The predicted octanol–water partition coefficient (Wildman–Crippen LogP) is 8.96. The van der Waals surface area contributed by atoms with Gasteiger partial charge in [0.15, 0.2) is 11.6 Å². The average Bonchev–Trinajstić information content (AvgIpc) is 3.56. The Morgan fingerprint density at radius 2 is 1.28 bits per heavy atom. The second-order valence-electron chi connectivity index (χ2n) is 11.9. The van der Waals surface area contributed by atoms with E-state index in [2.05, 4.69) is 127 Å². The zero-order chi connectivity index (χ0) is 28.4. The quantitative estimate of drug-likeness (QED) is 0.225. The molecule has 4 atom stereocenters. The van der Waals surface area contributed by atoms with Crippen LogP contribution in [0.25, 0.3) is 33.9 Å². The minimum atomic E-state index is -0.278. The van der Waals surface area contributed by atoms with Crippen molar-refractivity contribution < 1.29 is 0 Å². The summed E-state index contributed by atoms with van der Waals surface area (Å²) in [6.45, 7) is 0. The third-order valence-electron chi connectivity index (χ3n) is 9.72. The monoisotopic (exact) mass is 551 g/mol. The van der Waals surface area contributed by atoms with E-state index in [-0.39, 0.29) is 11.3 Å². The number of aromatic nitrogens is 3. The molecule has 5 aromatic rings. The highest BCUT2D eigenvalue weighted by Crippen LogP contribution is 2.65. The SMILES string of the molecule is C1=CCC(c2nc(-c3ccccc3)nc(-c3ccc4c(c3)[C@]3(c5ccccc5-4)c4ccccc4C4C=CC=CC43)n2)C=C1. The van der Waals surface area contributed by atoms with Crippen LogP contribution in [0, 0.1) is 5.92 Å².